The Morgan fingerprint density at radius 2 is 2.06 bits per heavy atom. The molecule has 100 valence electrons. The van der Waals surface area contributed by atoms with E-state index in [1.807, 2.05) is 6.92 Å². The standard InChI is InChI=1S/C14H26O3/c1-3-13(2,16)12(15)11-6-9-17-14(10-11)7-4-5-8-14/h11-12,15-16H,3-10H2,1-2H3. The highest BCUT2D eigenvalue weighted by Crippen LogP contribution is 2.44. The normalized spacial score (nSPS) is 33.5. The van der Waals surface area contributed by atoms with Gasteiger partial charge in [-0.2, -0.15) is 0 Å². The van der Waals surface area contributed by atoms with E-state index in [1.165, 1.54) is 12.8 Å². The molecule has 3 nitrogen and oxygen atoms in total. The average molecular weight is 242 g/mol. The molecule has 1 spiro atoms. The van der Waals surface area contributed by atoms with Crippen LogP contribution >= 0.6 is 0 Å². The summed E-state index contributed by atoms with van der Waals surface area (Å²) in [7, 11) is 0. The Balaban J connectivity index is 2.02. The van der Waals surface area contributed by atoms with Gasteiger partial charge >= 0.3 is 0 Å². The number of rotatable bonds is 3. The van der Waals surface area contributed by atoms with Crippen molar-refractivity contribution in [2.24, 2.45) is 5.92 Å². The Hall–Kier alpha value is -0.120. The zero-order valence-electron chi connectivity index (χ0n) is 11.1. The molecule has 1 saturated carbocycles. The molecule has 1 heterocycles. The Labute approximate surface area is 104 Å². The molecule has 0 aromatic heterocycles. The van der Waals surface area contributed by atoms with Gasteiger partial charge in [-0.15, -0.1) is 0 Å². The van der Waals surface area contributed by atoms with Crippen LogP contribution in [0.1, 0.15) is 58.8 Å². The van der Waals surface area contributed by atoms with Gasteiger partial charge < -0.3 is 14.9 Å². The van der Waals surface area contributed by atoms with Gasteiger partial charge in [0.25, 0.3) is 0 Å². The SMILES string of the molecule is CCC(C)(O)C(O)C1CCOC2(CCCC2)C1. The van der Waals surface area contributed by atoms with Crippen LogP contribution in [0, 0.1) is 5.92 Å². The van der Waals surface area contributed by atoms with Crippen LogP contribution < -0.4 is 0 Å². The molecule has 1 saturated heterocycles. The highest BCUT2D eigenvalue weighted by atomic mass is 16.5. The predicted octanol–water partition coefficient (Wildman–Crippen LogP) is 2.25. The third kappa shape index (κ3) is 2.67. The van der Waals surface area contributed by atoms with Gasteiger partial charge in [0.05, 0.1) is 17.3 Å². The van der Waals surface area contributed by atoms with Gasteiger partial charge in [-0.1, -0.05) is 19.8 Å². The summed E-state index contributed by atoms with van der Waals surface area (Å²) < 4.78 is 5.96. The first-order valence-corrected chi connectivity index (χ1v) is 7.03. The van der Waals surface area contributed by atoms with Gasteiger partial charge in [-0.3, -0.25) is 0 Å². The summed E-state index contributed by atoms with van der Waals surface area (Å²) in [6.07, 6.45) is 6.52. The maximum Gasteiger partial charge on any atom is 0.0877 e. The fourth-order valence-corrected chi connectivity index (χ4v) is 3.42. The second kappa shape index (κ2) is 4.87. The first kappa shape index (κ1) is 13.3. The molecule has 0 aromatic carbocycles. The van der Waals surface area contributed by atoms with Crippen molar-refractivity contribution >= 4 is 0 Å². The first-order chi connectivity index (χ1) is 7.99. The predicted molar refractivity (Wildman–Crippen MR) is 66.8 cm³/mol. The first-order valence-electron chi connectivity index (χ1n) is 7.03. The second-order valence-corrected chi connectivity index (χ2v) is 6.15. The molecular weight excluding hydrogens is 216 g/mol. The Kier molecular flexibility index (Phi) is 3.81. The molecule has 0 bridgehead atoms. The van der Waals surface area contributed by atoms with E-state index in [4.69, 9.17) is 4.74 Å². The van der Waals surface area contributed by atoms with Crippen LogP contribution in [0.4, 0.5) is 0 Å². The summed E-state index contributed by atoms with van der Waals surface area (Å²) in [5.41, 5.74) is -0.935. The Bertz CT molecular complexity index is 256. The van der Waals surface area contributed by atoms with E-state index in [-0.39, 0.29) is 11.5 Å². The van der Waals surface area contributed by atoms with Crippen LogP contribution in [0.5, 0.6) is 0 Å². The van der Waals surface area contributed by atoms with Crippen molar-refractivity contribution in [3.05, 3.63) is 0 Å². The summed E-state index contributed by atoms with van der Waals surface area (Å²) in [4.78, 5) is 0. The van der Waals surface area contributed by atoms with Crippen LogP contribution in [0.25, 0.3) is 0 Å². The lowest BCUT2D eigenvalue weighted by atomic mass is 9.76. The summed E-state index contributed by atoms with van der Waals surface area (Å²) in [6.45, 7) is 4.41. The third-order valence-corrected chi connectivity index (χ3v) is 4.85. The topological polar surface area (TPSA) is 49.7 Å². The van der Waals surface area contributed by atoms with Crippen molar-refractivity contribution < 1.29 is 14.9 Å². The van der Waals surface area contributed by atoms with E-state index in [0.29, 0.717) is 6.42 Å². The van der Waals surface area contributed by atoms with Gasteiger partial charge in [0.2, 0.25) is 0 Å². The summed E-state index contributed by atoms with van der Waals surface area (Å²) >= 11 is 0. The van der Waals surface area contributed by atoms with Crippen LogP contribution in [-0.4, -0.2) is 34.1 Å². The van der Waals surface area contributed by atoms with E-state index in [9.17, 15) is 10.2 Å². The average Bonchev–Trinajstić information content (AvgIpc) is 2.76. The molecule has 0 amide bonds. The molecule has 0 radical (unpaired) electrons. The van der Waals surface area contributed by atoms with Crippen molar-refractivity contribution in [2.45, 2.75) is 76.1 Å². The molecule has 3 unspecified atom stereocenters. The van der Waals surface area contributed by atoms with Gasteiger partial charge in [0.1, 0.15) is 0 Å². The number of hydrogen-bond acceptors (Lipinski definition) is 3. The zero-order chi connectivity index (χ0) is 12.5. The molecule has 2 N–H and O–H groups in total. The lowest BCUT2D eigenvalue weighted by Gasteiger charge is -2.43. The number of aliphatic hydroxyl groups is 2. The molecule has 2 rings (SSSR count). The highest BCUT2D eigenvalue weighted by molar-refractivity contribution is 4.96. The largest absolute Gasteiger partial charge is 0.390 e. The lowest BCUT2D eigenvalue weighted by Crippen LogP contribution is -2.49. The summed E-state index contributed by atoms with van der Waals surface area (Å²) in [5, 5.41) is 20.5. The maximum atomic E-state index is 10.3. The molecule has 0 aromatic rings. The molecule has 17 heavy (non-hydrogen) atoms. The summed E-state index contributed by atoms with van der Waals surface area (Å²) in [5.74, 6) is 0.191. The Morgan fingerprint density at radius 3 is 2.65 bits per heavy atom. The molecule has 3 atom stereocenters. The quantitative estimate of drug-likeness (QED) is 0.798. The third-order valence-electron chi connectivity index (χ3n) is 4.85. The van der Waals surface area contributed by atoms with Gasteiger partial charge in [-0.05, 0) is 44.9 Å². The van der Waals surface area contributed by atoms with E-state index < -0.39 is 11.7 Å². The molecule has 3 heteroatoms. The van der Waals surface area contributed by atoms with Gasteiger partial charge in [0.15, 0.2) is 0 Å². The van der Waals surface area contributed by atoms with Crippen molar-refractivity contribution in [1.82, 2.24) is 0 Å². The van der Waals surface area contributed by atoms with Crippen molar-refractivity contribution in [2.75, 3.05) is 6.61 Å². The number of hydrogen-bond donors (Lipinski definition) is 2. The van der Waals surface area contributed by atoms with Crippen molar-refractivity contribution in [3.8, 4) is 0 Å². The second-order valence-electron chi connectivity index (χ2n) is 6.15. The molecule has 1 aliphatic carbocycles. The van der Waals surface area contributed by atoms with E-state index in [1.54, 1.807) is 6.92 Å². The number of aliphatic hydroxyl groups excluding tert-OH is 1. The monoisotopic (exact) mass is 242 g/mol. The fraction of sp³-hybridized carbons (Fsp3) is 1.00. The summed E-state index contributed by atoms with van der Waals surface area (Å²) in [6, 6.07) is 0. The minimum Gasteiger partial charge on any atom is -0.390 e. The van der Waals surface area contributed by atoms with Gasteiger partial charge in [0, 0.05) is 6.61 Å². The van der Waals surface area contributed by atoms with E-state index >= 15 is 0 Å². The zero-order valence-corrected chi connectivity index (χ0v) is 11.1. The minimum absolute atomic E-state index is 0.0215. The molecule has 1 aliphatic heterocycles. The lowest BCUT2D eigenvalue weighted by molar-refractivity contribution is -0.151. The van der Waals surface area contributed by atoms with E-state index in [2.05, 4.69) is 0 Å². The maximum absolute atomic E-state index is 10.3. The Morgan fingerprint density at radius 1 is 1.41 bits per heavy atom. The van der Waals surface area contributed by atoms with Crippen LogP contribution in [0.2, 0.25) is 0 Å². The highest BCUT2D eigenvalue weighted by Gasteiger charge is 2.45. The van der Waals surface area contributed by atoms with Crippen molar-refractivity contribution in [3.63, 3.8) is 0 Å². The molecule has 2 aliphatic rings. The van der Waals surface area contributed by atoms with Crippen LogP contribution in [-0.2, 0) is 4.74 Å². The fourth-order valence-electron chi connectivity index (χ4n) is 3.42. The molecule has 2 fully saturated rings. The van der Waals surface area contributed by atoms with Gasteiger partial charge in [-0.25, -0.2) is 0 Å². The molecular formula is C14H26O3. The number of ether oxygens (including phenoxy) is 1. The van der Waals surface area contributed by atoms with Crippen LogP contribution in [0.15, 0.2) is 0 Å². The smallest absolute Gasteiger partial charge is 0.0877 e. The van der Waals surface area contributed by atoms with Crippen LogP contribution in [0.3, 0.4) is 0 Å². The van der Waals surface area contributed by atoms with E-state index in [0.717, 1.165) is 32.3 Å². The minimum atomic E-state index is -0.957. The van der Waals surface area contributed by atoms with Crippen molar-refractivity contribution in [1.29, 1.82) is 0 Å².